The van der Waals surface area contributed by atoms with Crippen molar-refractivity contribution in [2.45, 2.75) is 0 Å². The maximum atomic E-state index is 12.1. The molecule has 10 heteroatoms. The van der Waals surface area contributed by atoms with Crippen LogP contribution in [0.4, 0.5) is 15.3 Å². The van der Waals surface area contributed by atoms with E-state index in [2.05, 4.69) is 10.1 Å². The first-order valence-electron chi connectivity index (χ1n) is 8.05. The number of hydrogen-bond acceptors (Lipinski definition) is 7. The van der Waals surface area contributed by atoms with Crippen LogP contribution in [0.1, 0.15) is 10.4 Å². The van der Waals surface area contributed by atoms with Crippen LogP contribution in [0.25, 0.3) is 0 Å². The number of nitrogens with one attached hydrogen (secondary N) is 1. The molecule has 148 valence electrons. The van der Waals surface area contributed by atoms with Crippen LogP contribution in [-0.2, 0) is 14.6 Å². The average molecular weight is 406 g/mol. The van der Waals surface area contributed by atoms with Gasteiger partial charge < -0.3 is 15.2 Å². The van der Waals surface area contributed by atoms with Gasteiger partial charge in [0.2, 0.25) is 0 Å². The van der Waals surface area contributed by atoms with Crippen LogP contribution in [0.3, 0.4) is 0 Å². The summed E-state index contributed by atoms with van der Waals surface area (Å²) in [6, 6.07) is 14.1. The molecule has 0 aromatic heterocycles. The largest absolute Gasteiger partial charge is 0.449 e. The Hall–Kier alpha value is -3.40. The maximum absolute atomic E-state index is 12.1. The zero-order valence-corrected chi connectivity index (χ0v) is 15.5. The zero-order valence-electron chi connectivity index (χ0n) is 14.7. The molecule has 2 aromatic rings. The van der Waals surface area contributed by atoms with Gasteiger partial charge in [-0.2, -0.15) is 0 Å². The first-order chi connectivity index (χ1) is 13.2. The van der Waals surface area contributed by atoms with Crippen molar-refractivity contribution in [3.8, 4) is 5.75 Å². The minimum absolute atomic E-state index is 0.154. The number of nitrogens with two attached hydrogens (primary N) is 1. The first kappa shape index (κ1) is 20.9. The molecule has 0 saturated heterocycles. The van der Waals surface area contributed by atoms with Gasteiger partial charge >= 0.3 is 12.2 Å². The Bertz CT molecular complexity index is 942. The minimum Gasteiger partial charge on any atom is -0.449 e. The normalized spacial score (nSPS) is 10.7. The number of amides is 2. The van der Waals surface area contributed by atoms with Crippen LogP contribution in [0.5, 0.6) is 5.75 Å². The Morgan fingerprint density at radius 1 is 0.964 bits per heavy atom. The molecule has 0 spiro atoms. The van der Waals surface area contributed by atoms with E-state index in [1.807, 2.05) is 0 Å². The Balaban J connectivity index is 1.89. The Morgan fingerprint density at radius 3 is 2.21 bits per heavy atom. The summed E-state index contributed by atoms with van der Waals surface area (Å²) in [6.45, 7) is -0.419. The van der Waals surface area contributed by atoms with E-state index in [-0.39, 0.29) is 5.56 Å². The van der Waals surface area contributed by atoms with Crippen LogP contribution in [0.15, 0.2) is 54.6 Å². The molecule has 0 fully saturated rings. The lowest BCUT2D eigenvalue weighted by atomic mass is 10.1. The van der Waals surface area contributed by atoms with Crippen molar-refractivity contribution in [2.75, 3.05) is 23.4 Å². The molecule has 0 bridgehead atoms. The number of ketones is 1. The molecule has 2 aromatic carbocycles. The molecule has 0 unspecified atom stereocenters. The van der Waals surface area contributed by atoms with E-state index in [4.69, 9.17) is 10.5 Å². The van der Waals surface area contributed by atoms with Crippen LogP contribution < -0.4 is 15.8 Å². The van der Waals surface area contributed by atoms with Crippen molar-refractivity contribution in [3.05, 3.63) is 60.2 Å². The van der Waals surface area contributed by atoms with Gasteiger partial charge in [0.25, 0.3) is 0 Å². The van der Waals surface area contributed by atoms with E-state index >= 15 is 0 Å². The molecule has 0 heterocycles. The van der Waals surface area contributed by atoms with Crippen LogP contribution in [0, 0.1) is 0 Å². The molecule has 2 rings (SSSR count). The monoisotopic (exact) mass is 406 g/mol. The number of hydrogen-bond donors (Lipinski definition) is 2. The number of para-hydroxylation sites is 1. The summed E-state index contributed by atoms with van der Waals surface area (Å²) in [7, 11) is -3.76. The summed E-state index contributed by atoms with van der Waals surface area (Å²) in [5.74, 6) is -1.50. The lowest BCUT2D eigenvalue weighted by Gasteiger charge is -2.08. The SMILES string of the molecule is NC(=O)OCCS(=O)(=O)CC(=O)c1ccc(NC(=O)Oc2ccccc2)cc1. The molecule has 0 aliphatic carbocycles. The number of rotatable bonds is 8. The predicted molar refractivity (Wildman–Crippen MR) is 101 cm³/mol. The first-order valence-corrected chi connectivity index (χ1v) is 9.87. The van der Waals surface area contributed by atoms with Gasteiger partial charge in [-0.05, 0) is 36.4 Å². The molecule has 0 aliphatic rings. The topological polar surface area (TPSA) is 142 Å². The van der Waals surface area contributed by atoms with Crippen LogP contribution in [-0.4, -0.2) is 44.5 Å². The fourth-order valence-corrected chi connectivity index (χ4v) is 3.15. The number of primary amides is 1. The molecular weight excluding hydrogens is 388 g/mol. The number of carbonyl (C=O) groups excluding carboxylic acids is 3. The van der Waals surface area contributed by atoms with Crippen molar-refractivity contribution < 1.29 is 32.3 Å². The predicted octanol–water partition coefficient (Wildman–Crippen LogP) is 1.99. The third-order valence-corrected chi connectivity index (χ3v) is 4.89. The second-order valence-electron chi connectivity index (χ2n) is 5.59. The van der Waals surface area contributed by atoms with Gasteiger partial charge in [-0.1, -0.05) is 18.2 Å². The standard InChI is InChI=1S/C18H18N2O7S/c19-17(22)26-10-11-28(24,25)12-16(21)13-6-8-14(9-7-13)20-18(23)27-15-4-2-1-3-5-15/h1-9H,10-12H2,(H2,19,22)(H,20,23). The molecule has 28 heavy (non-hydrogen) atoms. The molecule has 0 atom stereocenters. The van der Waals surface area contributed by atoms with Crippen molar-refractivity contribution >= 4 is 33.5 Å². The van der Waals surface area contributed by atoms with E-state index < -0.39 is 45.9 Å². The quantitative estimate of drug-likeness (QED) is 0.638. The average Bonchev–Trinajstić information content (AvgIpc) is 2.62. The number of carbonyl (C=O) groups is 3. The molecule has 2 amide bonds. The van der Waals surface area contributed by atoms with Crippen molar-refractivity contribution in [2.24, 2.45) is 5.73 Å². The third kappa shape index (κ3) is 7.08. The number of Topliss-reactive ketones (excluding diaryl/α,β-unsaturated/α-hetero) is 1. The van der Waals surface area contributed by atoms with Crippen LogP contribution in [0.2, 0.25) is 0 Å². The Labute approximate surface area is 161 Å². The lowest BCUT2D eigenvalue weighted by molar-refractivity contribution is 0.102. The summed E-state index contributed by atoms with van der Waals surface area (Å²) in [4.78, 5) is 34.4. The third-order valence-electron chi connectivity index (χ3n) is 3.40. The van der Waals surface area contributed by atoms with Gasteiger partial charge in [0, 0.05) is 11.3 Å². The van der Waals surface area contributed by atoms with Gasteiger partial charge in [-0.25, -0.2) is 18.0 Å². The van der Waals surface area contributed by atoms with Crippen molar-refractivity contribution in [1.82, 2.24) is 0 Å². The number of anilines is 1. The second kappa shape index (κ2) is 9.51. The Morgan fingerprint density at radius 2 is 1.61 bits per heavy atom. The lowest BCUT2D eigenvalue weighted by Crippen LogP contribution is -2.24. The molecular formula is C18H18N2O7S. The molecule has 0 radical (unpaired) electrons. The highest BCUT2D eigenvalue weighted by atomic mass is 32.2. The number of ether oxygens (including phenoxy) is 2. The van der Waals surface area contributed by atoms with Gasteiger partial charge in [-0.3, -0.25) is 10.1 Å². The highest BCUT2D eigenvalue weighted by Crippen LogP contribution is 2.13. The molecule has 3 N–H and O–H groups in total. The summed E-state index contributed by atoms with van der Waals surface area (Å²) in [6.07, 6.45) is -1.79. The highest BCUT2D eigenvalue weighted by molar-refractivity contribution is 7.92. The zero-order chi connectivity index (χ0) is 20.6. The fraction of sp³-hybridized carbons (Fsp3) is 0.167. The fourth-order valence-electron chi connectivity index (χ4n) is 2.10. The van der Waals surface area contributed by atoms with Gasteiger partial charge in [0.15, 0.2) is 15.6 Å². The number of benzene rings is 2. The summed E-state index contributed by atoms with van der Waals surface area (Å²) >= 11 is 0. The molecule has 9 nitrogen and oxygen atoms in total. The minimum atomic E-state index is -3.76. The number of sulfone groups is 1. The summed E-state index contributed by atoms with van der Waals surface area (Å²) < 4.78 is 33.1. The van der Waals surface area contributed by atoms with Gasteiger partial charge in [-0.15, -0.1) is 0 Å². The van der Waals surface area contributed by atoms with Crippen LogP contribution >= 0.6 is 0 Å². The summed E-state index contributed by atoms with van der Waals surface area (Å²) in [5.41, 5.74) is 5.27. The van der Waals surface area contributed by atoms with Crippen molar-refractivity contribution in [1.29, 1.82) is 0 Å². The van der Waals surface area contributed by atoms with E-state index in [9.17, 15) is 22.8 Å². The van der Waals surface area contributed by atoms with E-state index in [1.54, 1.807) is 30.3 Å². The molecule has 0 aliphatic heterocycles. The van der Waals surface area contributed by atoms with E-state index in [0.717, 1.165) is 0 Å². The van der Waals surface area contributed by atoms with E-state index in [0.29, 0.717) is 11.4 Å². The van der Waals surface area contributed by atoms with E-state index in [1.165, 1.54) is 24.3 Å². The maximum Gasteiger partial charge on any atom is 0.417 e. The Kier molecular flexibility index (Phi) is 7.10. The highest BCUT2D eigenvalue weighted by Gasteiger charge is 2.18. The molecule has 0 saturated carbocycles. The smallest absolute Gasteiger partial charge is 0.417 e. The second-order valence-corrected chi connectivity index (χ2v) is 7.77. The van der Waals surface area contributed by atoms with Crippen molar-refractivity contribution in [3.63, 3.8) is 0 Å². The van der Waals surface area contributed by atoms with Gasteiger partial charge in [0.05, 0.1) is 5.75 Å². The van der Waals surface area contributed by atoms with Gasteiger partial charge in [0.1, 0.15) is 18.1 Å². The summed E-state index contributed by atoms with van der Waals surface area (Å²) in [5, 5.41) is 2.49.